The van der Waals surface area contributed by atoms with E-state index in [-0.39, 0.29) is 5.97 Å². The van der Waals surface area contributed by atoms with Gasteiger partial charge in [-0.1, -0.05) is 33.8 Å². The van der Waals surface area contributed by atoms with Crippen molar-refractivity contribution in [3.63, 3.8) is 0 Å². The zero-order valence-electron chi connectivity index (χ0n) is 13.3. The smallest absolute Gasteiger partial charge is 0.337 e. The molecule has 0 saturated heterocycles. The molecule has 19 heavy (non-hydrogen) atoms. The van der Waals surface area contributed by atoms with Crippen LogP contribution in [0.4, 0.5) is 0 Å². The van der Waals surface area contributed by atoms with Gasteiger partial charge < -0.3 is 9.47 Å². The summed E-state index contributed by atoms with van der Waals surface area (Å²) >= 11 is 0. The van der Waals surface area contributed by atoms with Gasteiger partial charge >= 0.3 is 5.97 Å². The Hall–Kier alpha value is -1.77. The van der Waals surface area contributed by atoms with Crippen molar-refractivity contribution in [2.45, 2.75) is 34.6 Å². The lowest BCUT2D eigenvalue weighted by Crippen LogP contribution is -2.00. The van der Waals surface area contributed by atoms with E-state index in [1.54, 1.807) is 37.5 Å². The first-order valence-corrected chi connectivity index (χ1v) is 6.49. The highest BCUT2D eigenvalue weighted by Gasteiger charge is 2.03. The second-order valence-corrected chi connectivity index (χ2v) is 2.63. The Morgan fingerprint density at radius 3 is 1.68 bits per heavy atom. The van der Waals surface area contributed by atoms with E-state index in [4.69, 9.17) is 4.74 Å². The molecular weight excluding hydrogens is 240 g/mol. The van der Waals surface area contributed by atoms with Gasteiger partial charge in [-0.3, -0.25) is 0 Å². The van der Waals surface area contributed by atoms with E-state index >= 15 is 0 Å². The van der Waals surface area contributed by atoms with Crippen molar-refractivity contribution in [3.05, 3.63) is 42.5 Å². The van der Waals surface area contributed by atoms with Crippen molar-refractivity contribution in [1.82, 2.24) is 0 Å². The summed E-state index contributed by atoms with van der Waals surface area (Å²) in [7, 11) is 2.93. The molecule has 0 saturated carbocycles. The molecule has 0 aromatic heterocycles. The number of hydrogen-bond acceptors (Lipinski definition) is 3. The molecule has 0 aliphatic carbocycles. The fourth-order valence-corrected chi connectivity index (χ4v) is 0.845. The van der Waals surface area contributed by atoms with Crippen molar-refractivity contribution < 1.29 is 14.3 Å². The van der Waals surface area contributed by atoms with Crippen LogP contribution >= 0.6 is 0 Å². The molecule has 0 N–H and O–H groups in total. The maximum absolute atomic E-state index is 11.0. The van der Waals surface area contributed by atoms with Crippen LogP contribution < -0.4 is 4.74 Å². The van der Waals surface area contributed by atoms with E-state index in [0.717, 1.165) is 5.75 Å². The lowest BCUT2D eigenvalue weighted by Gasteiger charge is -2.00. The first-order valence-electron chi connectivity index (χ1n) is 6.49. The predicted octanol–water partition coefficient (Wildman–Crippen LogP) is 4.73. The van der Waals surface area contributed by atoms with Gasteiger partial charge in [0, 0.05) is 0 Å². The van der Waals surface area contributed by atoms with Gasteiger partial charge in [-0.2, -0.15) is 0 Å². The average Bonchev–Trinajstić information content (AvgIpc) is 2.51. The Balaban J connectivity index is -0.000000313. The van der Waals surface area contributed by atoms with E-state index in [0.29, 0.717) is 5.56 Å². The Kier molecular flexibility index (Phi) is 21.9. The summed E-state index contributed by atoms with van der Waals surface area (Å²) in [5, 5.41) is 0. The van der Waals surface area contributed by atoms with E-state index in [2.05, 4.69) is 11.3 Å². The van der Waals surface area contributed by atoms with Crippen molar-refractivity contribution in [2.24, 2.45) is 0 Å². The quantitative estimate of drug-likeness (QED) is 0.574. The number of benzene rings is 1. The molecule has 0 radical (unpaired) electrons. The minimum Gasteiger partial charge on any atom is -0.497 e. The summed E-state index contributed by atoms with van der Waals surface area (Å²) < 4.78 is 9.46. The lowest BCUT2D eigenvalue weighted by molar-refractivity contribution is 0.0600. The molecule has 0 amide bonds. The van der Waals surface area contributed by atoms with Crippen molar-refractivity contribution in [1.29, 1.82) is 0 Å². The molecule has 0 spiro atoms. The molecule has 3 nitrogen and oxygen atoms in total. The number of allylic oxidation sites excluding steroid dienone is 1. The van der Waals surface area contributed by atoms with Crippen molar-refractivity contribution in [2.75, 3.05) is 14.2 Å². The molecule has 0 heterocycles. The summed E-state index contributed by atoms with van der Waals surface area (Å²) in [6.07, 6.45) is 1.75. The molecule has 110 valence electrons. The molecule has 1 aromatic carbocycles. The summed E-state index contributed by atoms with van der Waals surface area (Å²) in [4.78, 5) is 11.0. The van der Waals surface area contributed by atoms with Crippen LogP contribution in [-0.4, -0.2) is 20.2 Å². The third-order valence-electron chi connectivity index (χ3n) is 1.51. The van der Waals surface area contributed by atoms with E-state index in [1.165, 1.54) is 7.11 Å². The Morgan fingerprint density at radius 2 is 1.42 bits per heavy atom. The minimum atomic E-state index is -0.336. The van der Waals surface area contributed by atoms with Gasteiger partial charge in [0.15, 0.2) is 0 Å². The van der Waals surface area contributed by atoms with E-state index in [1.807, 2.05) is 34.6 Å². The molecule has 0 bridgehead atoms. The fraction of sp³-hybridized carbons (Fsp3) is 0.438. The van der Waals surface area contributed by atoms with Gasteiger partial charge in [-0.15, -0.1) is 6.58 Å². The molecule has 0 unspecified atom stereocenters. The summed E-state index contributed by atoms with van der Waals surface area (Å²) in [5.41, 5.74) is 0.526. The van der Waals surface area contributed by atoms with E-state index < -0.39 is 0 Å². The SMILES string of the molecule is C=CC.CC.CC.COC(=O)c1ccc(OC)cc1. The summed E-state index contributed by atoms with van der Waals surface area (Å²) in [5.74, 6) is 0.389. The number of rotatable bonds is 2. The van der Waals surface area contributed by atoms with Crippen LogP contribution in [0.15, 0.2) is 36.9 Å². The first-order chi connectivity index (χ1) is 9.19. The fourth-order valence-electron chi connectivity index (χ4n) is 0.845. The second-order valence-electron chi connectivity index (χ2n) is 2.63. The summed E-state index contributed by atoms with van der Waals surface area (Å²) in [6, 6.07) is 6.74. The van der Waals surface area contributed by atoms with Crippen LogP contribution in [-0.2, 0) is 4.74 Å². The monoisotopic (exact) mass is 268 g/mol. The zero-order valence-corrected chi connectivity index (χ0v) is 13.3. The molecule has 1 aromatic rings. The minimum absolute atomic E-state index is 0.336. The molecule has 0 atom stereocenters. The topological polar surface area (TPSA) is 35.5 Å². The first kappa shape index (κ1) is 22.4. The number of ether oxygens (including phenoxy) is 2. The average molecular weight is 268 g/mol. The highest BCUT2D eigenvalue weighted by atomic mass is 16.5. The number of hydrogen-bond donors (Lipinski definition) is 0. The zero-order chi connectivity index (χ0) is 15.7. The summed E-state index contributed by atoms with van der Waals surface area (Å²) in [6.45, 7) is 13.2. The lowest BCUT2D eigenvalue weighted by atomic mass is 10.2. The molecule has 0 fully saturated rings. The van der Waals surface area contributed by atoms with Gasteiger partial charge in [-0.05, 0) is 31.2 Å². The van der Waals surface area contributed by atoms with Gasteiger partial charge in [0.05, 0.1) is 19.8 Å². The molecule has 3 heteroatoms. The standard InChI is InChI=1S/C9H10O3.C3H6.2C2H6/c1-11-8-5-3-7(4-6-8)9(10)12-2;1-3-2;2*1-2/h3-6H,1-2H3;3H,1H2,2H3;2*1-2H3. The largest absolute Gasteiger partial charge is 0.497 e. The van der Waals surface area contributed by atoms with Crippen LogP contribution in [0.1, 0.15) is 45.0 Å². The number of carbonyl (C=O) groups excluding carboxylic acids is 1. The third kappa shape index (κ3) is 12.5. The van der Waals surface area contributed by atoms with Crippen molar-refractivity contribution >= 4 is 5.97 Å². The predicted molar refractivity (Wildman–Crippen MR) is 82.9 cm³/mol. The normalized spacial score (nSPS) is 7.11. The maximum Gasteiger partial charge on any atom is 0.337 e. The van der Waals surface area contributed by atoms with E-state index in [9.17, 15) is 4.79 Å². The molecule has 1 rings (SSSR count). The number of esters is 1. The molecule has 0 aliphatic heterocycles. The van der Waals surface area contributed by atoms with Gasteiger partial charge in [-0.25, -0.2) is 4.79 Å². The molecular formula is C16H28O3. The van der Waals surface area contributed by atoms with Gasteiger partial charge in [0.25, 0.3) is 0 Å². The second kappa shape index (κ2) is 18.6. The van der Waals surface area contributed by atoms with Crippen LogP contribution in [0.5, 0.6) is 5.75 Å². The van der Waals surface area contributed by atoms with Crippen LogP contribution in [0.25, 0.3) is 0 Å². The number of methoxy groups -OCH3 is 2. The third-order valence-corrected chi connectivity index (χ3v) is 1.51. The highest BCUT2D eigenvalue weighted by Crippen LogP contribution is 2.11. The van der Waals surface area contributed by atoms with Crippen LogP contribution in [0.3, 0.4) is 0 Å². The van der Waals surface area contributed by atoms with Gasteiger partial charge in [0.2, 0.25) is 0 Å². The van der Waals surface area contributed by atoms with Crippen LogP contribution in [0, 0.1) is 0 Å². The van der Waals surface area contributed by atoms with Crippen LogP contribution in [0.2, 0.25) is 0 Å². The Labute approximate surface area is 118 Å². The Bertz CT molecular complexity index is 302. The highest BCUT2D eigenvalue weighted by molar-refractivity contribution is 5.89. The maximum atomic E-state index is 11.0. The molecule has 0 aliphatic rings. The van der Waals surface area contributed by atoms with Gasteiger partial charge in [0.1, 0.15) is 5.75 Å². The number of carbonyl (C=O) groups is 1. The Morgan fingerprint density at radius 1 is 1.05 bits per heavy atom. The van der Waals surface area contributed by atoms with Crippen molar-refractivity contribution in [3.8, 4) is 5.75 Å².